The fourth-order valence-electron chi connectivity index (χ4n) is 6.13. The Hall–Kier alpha value is -2.83. The van der Waals surface area contributed by atoms with E-state index >= 15 is 0 Å². The quantitative estimate of drug-likeness (QED) is 0.0720. The van der Waals surface area contributed by atoms with Crippen LogP contribution in [-0.4, -0.2) is 23.9 Å². The zero-order valence-electron chi connectivity index (χ0n) is 27.6. The van der Waals surface area contributed by atoms with Crippen LogP contribution in [0.1, 0.15) is 58.9 Å². The topological polar surface area (TPSA) is 59.4 Å². The Balaban J connectivity index is 0.000000249. The number of fused-ring (bicyclic) bond motifs is 5. The molecule has 4 nitrogen and oxygen atoms in total. The van der Waals surface area contributed by atoms with Gasteiger partial charge < -0.3 is 9.84 Å². The zero-order valence-corrected chi connectivity index (χ0v) is 31.8. The molecule has 1 N–H and O–H groups in total. The Morgan fingerprint density at radius 1 is 0.933 bits per heavy atom. The Kier molecular flexibility index (Phi) is 11.1. The summed E-state index contributed by atoms with van der Waals surface area (Å²) in [6, 6.07) is 20.5. The van der Waals surface area contributed by atoms with Crippen LogP contribution in [0.25, 0.3) is 43.0 Å². The molecule has 0 saturated heterocycles. The molecule has 0 aliphatic carbocycles. The summed E-state index contributed by atoms with van der Waals surface area (Å²) in [5, 5.41) is 14.4. The number of ketones is 1. The molecular weight excluding hydrogens is 771 g/mol. The number of carbonyl (C=O) groups is 1. The molecule has 0 unspecified atom stereocenters. The predicted octanol–water partition coefficient (Wildman–Crippen LogP) is 10.9. The van der Waals surface area contributed by atoms with Crippen molar-refractivity contribution in [2.24, 2.45) is 11.8 Å². The first-order chi connectivity index (χ1) is 21.0. The van der Waals surface area contributed by atoms with Crippen LogP contribution in [0.5, 0.6) is 11.5 Å². The van der Waals surface area contributed by atoms with E-state index in [0.29, 0.717) is 0 Å². The van der Waals surface area contributed by atoms with Crippen molar-refractivity contribution in [1.82, 2.24) is 4.98 Å². The number of hydrogen-bond donors (Lipinski definition) is 1. The van der Waals surface area contributed by atoms with E-state index in [-0.39, 0.29) is 43.5 Å². The maximum Gasteiger partial charge on any atom is 0.162 e. The van der Waals surface area contributed by atoms with E-state index in [2.05, 4.69) is 81.2 Å². The van der Waals surface area contributed by atoms with Gasteiger partial charge in [0.2, 0.25) is 0 Å². The summed E-state index contributed by atoms with van der Waals surface area (Å²) < 4.78 is 9.41. The molecule has 1 aliphatic heterocycles. The molecule has 0 bridgehead atoms. The second-order valence-corrected chi connectivity index (χ2v) is 19.2. The minimum absolute atomic E-state index is 0. The number of para-hydroxylation sites is 1. The van der Waals surface area contributed by atoms with E-state index in [1.54, 1.807) is 0 Å². The van der Waals surface area contributed by atoms with Crippen molar-refractivity contribution in [2.75, 3.05) is 0 Å². The molecule has 239 valence electrons. The number of carbonyl (C=O) groups excluding carboxylic acids is 1. The Morgan fingerprint density at radius 2 is 1.53 bits per heavy atom. The third kappa shape index (κ3) is 6.69. The Morgan fingerprint density at radius 3 is 2.16 bits per heavy atom. The van der Waals surface area contributed by atoms with Crippen LogP contribution >= 0.6 is 11.3 Å². The maximum absolute atomic E-state index is 11.7. The van der Waals surface area contributed by atoms with Gasteiger partial charge in [0, 0.05) is 63.7 Å². The Labute approximate surface area is 286 Å². The van der Waals surface area contributed by atoms with Crippen LogP contribution in [0, 0.1) is 24.8 Å². The number of benzene rings is 3. The predicted molar refractivity (Wildman–Crippen MR) is 191 cm³/mol. The molecule has 0 atom stereocenters. The summed E-state index contributed by atoms with van der Waals surface area (Å²) in [4.78, 5) is 16.8. The number of aromatic nitrogens is 1. The number of aliphatic hydroxyl groups is 1. The molecule has 45 heavy (non-hydrogen) atoms. The number of aryl methyl sites for hydroxylation is 1. The molecule has 0 fully saturated rings. The van der Waals surface area contributed by atoms with Gasteiger partial charge in [0.05, 0.1) is 25.1 Å². The summed E-state index contributed by atoms with van der Waals surface area (Å²) in [6.45, 7) is 17.4. The van der Waals surface area contributed by atoms with Crippen LogP contribution < -0.4 is 9.24 Å². The molecule has 3 aromatic carbocycles. The van der Waals surface area contributed by atoms with Gasteiger partial charge in [-0.2, -0.15) is 0 Å². The van der Waals surface area contributed by atoms with Crippen molar-refractivity contribution < 1.29 is 34.7 Å². The SMILES string of the molecule is CCC(CC)C(=O)/C=C(\O)C(CC)CC.Cc1c2c([c-]c3ccccc13)-c1nc3ccccc3c3sc([Si](C)(C)C)c(c13)O2.[Ir]. The fourth-order valence-corrected chi connectivity index (χ4v) is 9.53. The van der Waals surface area contributed by atoms with E-state index in [1.807, 2.05) is 39.0 Å². The van der Waals surface area contributed by atoms with Crippen molar-refractivity contribution in [2.45, 2.75) is 79.9 Å². The number of aliphatic hydroxyl groups excluding tert-OH is 1. The monoisotopic (exact) mass is 815 g/mol. The van der Waals surface area contributed by atoms with Crippen molar-refractivity contribution in [3.05, 3.63) is 72.0 Å². The number of allylic oxidation sites excluding steroid dienone is 2. The first-order valence-corrected chi connectivity index (χ1v) is 20.3. The molecule has 7 heteroatoms. The number of nitrogens with zero attached hydrogens (tertiary/aromatic N) is 1. The molecule has 5 aromatic rings. The molecule has 6 rings (SSSR count). The smallest absolute Gasteiger partial charge is 0.162 e. The van der Waals surface area contributed by atoms with E-state index in [0.717, 1.165) is 64.9 Å². The van der Waals surface area contributed by atoms with E-state index in [9.17, 15) is 9.90 Å². The standard InChI is InChI=1S/C25H20NOSSi.C13H24O2.Ir/c1-14-16-10-6-5-9-15(16)13-18-21-20-23(27-22(14)18)25(29(2,3)4)28-24(20)17-11-7-8-12-19(17)26-21;1-5-10(6-2)12(14)9-13(15)11(7-3)8-4;/h5-12H,1-4H3;9-11,14H,5-8H2,1-4H3;/q-1;;/b;12-9-;. The van der Waals surface area contributed by atoms with Gasteiger partial charge in [-0.15, -0.1) is 28.9 Å². The van der Waals surface area contributed by atoms with Crippen LogP contribution in [0.4, 0.5) is 0 Å². The minimum Gasteiger partial charge on any atom is -0.512 e. The number of thiophene rings is 1. The van der Waals surface area contributed by atoms with Crippen molar-refractivity contribution in [3.8, 4) is 22.8 Å². The summed E-state index contributed by atoms with van der Waals surface area (Å²) in [5.74, 6) is 2.50. The Bertz CT molecular complexity index is 1880. The van der Waals surface area contributed by atoms with E-state index in [4.69, 9.17) is 9.72 Å². The van der Waals surface area contributed by atoms with Gasteiger partial charge in [-0.05, 0) is 38.7 Å². The van der Waals surface area contributed by atoms with Crippen molar-refractivity contribution in [3.63, 3.8) is 0 Å². The van der Waals surface area contributed by atoms with Crippen LogP contribution in [0.3, 0.4) is 0 Å². The number of hydrogen-bond acceptors (Lipinski definition) is 5. The largest absolute Gasteiger partial charge is 0.512 e. The molecule has 2 aromatic heterocycles. The van der Waals surface area contributed by atoms with Gasteiger partial charge in [-0.1, -0.05) is 100 Å². The average Bonchev–Trinajstić information content (AvgIpc) is 3.41. The fraction of sp³-hybridized carbons (Fsp3) is 0.368. The molecule has 0 saturated carbocycles. The normalized spacial score (nSPS) is 12.6. The summed E-state index contributed by atoms with van der Waals surface area (Å²) >= 11 is 1.90. The van der Waals surface area contributed by atoms with Crippen LogP contribution in [0.2, 0.25) is 19.6 Å². The molecule has 1 aliphatic rings. The zero-order chi connectivity index (χ0) is 31.8. The second-order valence-electron chi connectivity index (χ2n) is 12.8. The van der Waals surface area contributed by atoms with Gasteiger partial charge >= 0.3 is 0 Å². The maximum atomic E-state index is 11.7. The molecular formula is C38H44IrNO3SSi-. The molecule has 0 spiro atoms. The molecule has 3 heterocycles. The van der Waals surface area contributed by atoms with Gasteiger partial charge in [0.15, 0.2) is 5.78 Å². The van der Waals surface area contributed by atoms with E-state index < -0.39 is 8.07 Å². The van der Waals surface area contributed by atoms with Gasteiger partial charge in [-0.3, -0.25) is 9.78 Å². The number of ether oxygens (including phenoxy) is 1. The third-order valence-electron chi connectivity index (χ3n) is 8.84. The average molecular weight is 815 g/mol. The number of pyridine rings is 1. The minimum atomic E-state index is -1.60. The third-order valence-corrected chi connectivity index (χ3v) is 13.6. The van der Waals surface area contributed by atoms with Gasteiger partial charge in [-0.25, -0.2) is 0 Å². The second kappa shape index (κ2) is 14.3. The van der Waals surface area contributed by atoms with Crippen molar-refractivity contribution >= 4 is 61.5 Å². The van der Waals surface area contributed by atoms with E-state index in [1.165, 1.54) is 31.4 Å². The first-order valence-electron chi connectivity index (χ1n) is 16.0. The summed E-state index contributed by atoms with van der Waals surface area (Å²) in [6.07, 6.45) is 4.91. The molecule has 0 amide bonds. The van der Waals surface area contributed by atoms with Crippen LogP contribution in [-0.2, 0) is 24.9 Å². The van der Waals surface area contributed by atoms with Crippen molar-refractivity contribution in [1.29, 1.82) is 0 Å². The van der Waals surface area contributed by atoms with Gasteiger partial charge in [0.25, 0.3) is 0 Å². The molecule has 1 radical (unpaired) electrons. The summed E-state index contributed by atoms with van der Waals surface area (Å²) in [5.41, 5.74) is 4.21. The number of rotatable bonds is 8. The van der Waals surface area contributed by atoms with Gasteiger partial charge in [0.1, 0.15) is 5.75 Å². The summed E-state index contributed by atoms with van der Waals surface area (Å²) in [7, 11) is -1.60. The van der Waals surface area contributed by atoms with Crippen LogP contribution in [0.15, 0.2) is 60.4 Å². The first kappa shape index (κ1) is 35.0.